The van der Waals surface area contributed by atoms with E-state index in [1.165, 1.54) is 36.3 Å². The fourth-order valence-electron chi connectivity index (χ4n) is 2.71. The topological polar surface area (TPSA) is 6.48 Å². The Morgan fingerprint density at radius 2 is 1.89 bits per heavy atom. The molecule has 19 heavy (non-hydrogen) atoms. The third-order valence-electron chi connectivity index (χ3n) is 4.36. The smallest absolute Gasteiger partial charge is 0.0369 e. The number of anilines is 1. The van der Waals surface area contributed by atoms with Crippen LogP contribution in [0.2, 0.25) is 0 Å². The minimum atomic E-state index is 0.722. The van der Waals surface area contributed by atoms with Crippen LogP contribution >= 0.6 is 15.9 Å². The first-order valence-corrected chi connectivity index (χ1v) is 8.42. The van der Waals surface area contributed by atoms with Gasteiger partial charge in [-0.2, -0.15) is 0 Å². The summed E-state index contributed by atoms with van der Waals surface area (Å²) in [6, 6.07) is 7.57. The Labute approximate surface area is 125 Å². The number of piperazine rings is 1. The van der Waals surface area contributed by atoms with E-state index in [2.05, 4.69) is 64.7 Å². The number of halogens is 1. The molecule has 1 aromatic rings. The first-order chi connectivity index (χ1) is 9.15. The van der Waals surface area contributed by atoms with Crippen LogP contribution < -0.4 is 4.90 Å². The number of nitrogens with zero attached hydrogens (tertiary/aromatic N) is 2. The third kappa shape index (κ3) is 3.51. The average Bonchev–Trinajstić information content (AvgIpc) is 2.46. The summed E-state index contributed by atoms with van der Waals surface area (Å²) in [5.41, 5.74) is 4.16. The monoisotopic (exact) mass is 324 g/mol. The molecule has 2 nitrogen and oxygen atoms in total. The molecule has 1 aliphatic heterocycles. The molecule has 2 rings (SSSR count). The summed E-state index contributed by atoms with van der Waals surface area (Å²) in [5, 5.41) is 0.945. The van der Waals surface area contributed by atoms with Crippen molar-refractivity contribution < 1.29 is 0 Å². The van der Waals surface area contributed by atoms with Gasteiger partial charge in [0.15, 0.2) is 0 Å². The van der Waals surface area contributed by atoms with E-state index in [9.17, 15) is 0 Å². The second kappa shape index (κ2) is 6.76. The predicted octanol–water partition coefficient (Wildman–Crippen LogP) is 3.81. The van der Waals surface area contributed by atoms with Crippen LogP contribution in [0.1, 0.15) is 31.4 Å². The summed E-state index contributed by atoms with van der Waals surface area (Å²) in [6.45, 7) is 11.5. The summed E-state index contributed by atoms with van der Waals surface area (Å²) in [7, 11) is 0. The van der Waals surface area contributed by atoms with E-state index in [0.29, 0.717) is 0 Å². The summed E-state index contributed by atoms with van der Waals surface area (Å²) in [5.74, 6) is 0. The average molecular weight is 325 g/mol. The molecule has 0 radical (unpaired) electrons. The van der Waals surface area contributed by atoms with Crippen LogP contribution in [0.5, 0.6) is 0 Å². The number of aryl methyl sites for hydroxylation is 1. The molecule has 1 saturated heterocycles. The molecule has 1 fully saturated rings. The number of alkyl halides is 1. The first kappa shape index (κ1) is 14.9. The first-order valence-electron chi connectivity index (χ1n) is 7.30. The van der Waals surface area contributed by atoms with Gasteiger partial charge in [0.2, 0.25) is 0 Å². The lowest BCUT2D eigenvalue weighted by Gasteiger charge is -2.39. The Hall–Kier alpha value is -0.540. The van der Waals surface area contributed by atoms with E-state index in [1.54, 1.807) is 0 Å². The molecule has 0 bridgehead atoms. The molecule has 0 amide bonds. The number of hydrogen-bond donors (Lipinski definition) is 0. The third-order valence-corrected chi connectivity index (χ3v) is 4.97. The van der Waals surface area contributed by atoms with Crippen molar-refractivity contribution in [2.75, 3.05) is 31.1 Å². The number of hydrogen-bond acceptors (Lipinski definition) is 2. The molecule has 0 spiro atoms. The van der Waals surface area contributed by atoms with Gasteiger partial charge in [-0.1, -0.05) is 28.9 Å². The van der Waals surface area contributed by atoms with E-state index in [-0.39, 0.29) is 0 Å². The predicted molar refractivity (Wildman–Crippen MR) is 87.3 cm³/mol. The van der Waals surface area contributed by atoms with Crippen molar-refractivity contribution in [1.82, 2.24) is 4.90 Å². The van der Waals surface area contributed by atoms with E-state index in [4.69, 9.17) is 0 Å². The molecule has 1 aromatic carbocycles. The highest BCUT2D eigenvalue weighted by Crippen LogP contribution is 2.22. The van der Waals surface area contributed by atoms with Crippen LogP contribution in [-0.2, 0) is 5.33 Å². The minimum Gasteiger partial charge on any atom is -0.369 e. The Kier molecular flexibility index (Phi) is 5.28. The van der Waals surface area contributed by atoms with Gasteiger partial charge in [0.25, 0.3) is 0 Å². The maximum atomic E-state index is 3.54. The zero-order chi connectivity index (χ0) is 13.8. The van der Waals surface area contributed by atoms with Gasteiger partial charge < -0.3 is 4.90 Å². The molecular formula is C16H25BrN2. The van der Waals surface area contributed by atoms with Gasteiger partial charge in [0, 0.05) is 43.2 Å². The Bertz CT molecular complexity index is 411. The molecule has 1 unspecified atom stereocenters. The Balaban J connectivity index is 1.99. The van der Waals surface area contributed by atoms with Gasteiger partial charge in [0.1, 0.15) is 0 Å². The van der Waals surface area contributed by atoms with Gasteiger partial charge in [-0.05, 0) is 43.5 Å². The number of rotatable bonds is 4. The molecule has 1 atom stereocenters. The van der Waals surface area contributed by atoms with Crippen molar-refractivity contribution >= 4 is 21.6 Å². The molecule has 3 heteroatoms. The van der Waals surface area contributed by atoms with Gasteiger partial charge in [0.05, 0.1) is 0 Å². The van der Waals surface area contributed by atoms with Crippen molar-refractivity contribution in [2.45, 2.75) is 38.6 Å². The quantitative estimate of drug-likeness (QED) is 0.777. The lowest BCUT2D eigenvalue weighted by Crippen LogP contribution is -2.49. The van der Waals surface area contributed by atoms with Crippen LogP contribution in [-0.4, -0.2) is 37.1 Å². The van der Waals surface area contributed by atoms with Crippen LogP contribution in [0.3, 0.4) is 0 Å². The zero-order valence-electron chi connectivity index (χ0n) is 12.3. The lowest BCUT2D eigenvalue weighted by molar-refractivity contribution is 0.193. The molecule has 0 saturated carbocycles. The molecule has 106 valence electrons. The van der Waals surface area contributed by atoms with E-state index in [1.807, 2.05) is 0 Å². The second-order valence-corrected chi connectivity index (χ2v) is 6.09. The normalized spacial score (nSPS) is 18.6. The molecule has 0 aliphatic carbocycles. The van der Waals surface area contributed by atoms with Gasteiger partial charge in [-0.25, -0.2) is 0 Å². The van der Waals surface area contributed by atoms with Crippen LogP contribution in [0, 0.1) is 6.92 Å². The Morgan fingerprint density at radius 3 is 2.42 bits per heavy atom. The van der Waals surface area contributed by atoms with E-state index >= 15 is 0 Å². The summed E-state index contributed by atoms with van der Waals surface area (Å²) in [6.07, 6.45) is 1.25. The van der Waals surface area contributed by atoms with E-state index in [0.717, 1.165) is 24.5 Å². The Morgan fingerprint density at radius 1 is 1.21 bits per heavy atom. The molecule has 1 aliphatic rings. The molecule has 1 heterocycles. The SMILES string of the molecule is CCC(C)N1CCN(c2ccc(CBr)c(C)c2)CC1. The highest BCUT2D eigenvalue weighted by atomic mass is 79.9. The maximum Gasteiger partial charge on any atom is 0.0369 e. The van der Waals surface area contributed by atoms with Crippen LogP contribution in [0.4, 0.5) is 5.69 Å². The van der Waals surface area contributed by atoms with E-state index < -0.39 is 0 Å². The van der Waals surface area contributed by atoms with Gasteiger partial charge >= 0.3 is 0 Å². The van der Waals surface area contributed by atoms with Gasteiger partial charge in [-0.3, -0.25) is 4.90 Å². The van der Waals surface area contributed by atoms with Crippen molar-refractivity contribution in [3.8, 4) is 0 Å². The number of benzene rings is 1. The maximum absolute atomic E-state index is 3.54. The molecular weight excluding hydrogens is 300 g/mol. The summed E-state index contributed by atoms with van der Waals surface area (Å²) >= 11 is 3.54. The summed E-state index contributed by atoms with van der Waals surface area (Å²) in [4.78, 5) is 5.13. The minimum absolute atomic E-state index is 0.722. The zero-order valence-corrected chi connectivity index (χ0v) is 13.9. The standard InChI is InChI=1S/C16H25BrN2/c1-4-14(3)18-7-9-19(10-8-18)16-6-5-15(12-17)13(2)11-16/h5-6,11,14H,4,7-10,12H2,1-3H3. The molecule has 0 aromatic heterocycles. The van der Waals surface area contributed by atoms with Crippen molar-refractivity contribution in [1.29, 1.82) is 0 Å². The highest BCUT2D eigenvalue weighted by Gasteiger charge is 2.20. The highest BCUT2D eigenvalue weighted by molar-refractivity contribution is 9.08. The largest absolute Gasteiger partial charge is 0.369 e. The fourth-order valence-corrected chi connectivity index (χ4v) is 3.33. The van der Waals surface area contributed by atoms with Crippen molar-refractivity contribution in [3.63, 3.8) is 0 Å². The lowest BCUT2D eigenvalue weighted by atomic mass is 10.1. The summed E-state index contributed by atoms with van der Waals surface area (Å²) < 4.78 is 0. The van der Waals surface area contributed by atoms with Crippen molar-refractivity contribution in [2.24, 2.45) is 0 Å². The second-order valence-electron chi connectivity index (χ2n) is 5.52. The van der Waals surface area contributed by atoms with Crippen LogP contribution in [0.15, 0.2) is 18.2 Å². The van der Waals surface area contributed by atoms with Crippen molar-refractivity contribution in [3.05, 3.63) is 29.3 Å². The van der Waals surface area contributed by atoms with Gasteiger partial charge in [-0.15, -0.1) is 0 Å². The fraction of sp³-hybridized carbons (Fsp3) is 0.625. The molecule has 0 N–H and O–H groups in total. The van der Waals surface area contributed by atoms with Crippen LogP contribution in [0.25, 0.3) is 0 Å².